The fraction of sp³-hybridized carbons (Fsp3) is 0. The first kappa shape index (κ1) is 11.4. The van der Waals surface area contributed by atoms with Crippen LogP contribution in [0.3, 0.4) is 0 Å². The molecule has 0 bridgehead atoms. The maximum absolute atomic E-state index is 10.6. The van der Waals surface area contributed by atoms with E-state index in [9.17, 15) is 10.1 Å². The van der Waals surface area contributed by atoms with Crippen LogP contribution in [0.15, 0.2) is 28.4 Å². The zero-order chi connectivity index (χ0) is 12.1. The van der Waals surface area contributed by atoms with Gasteiger partial charge >= 0.3 is 0 Å². The van der Waals surface area contributed by atoms with Crippen LogP contribution in [0.4, 0.5) is 5.69 Å². The van der Waals surface area contributed by atoms with Crippen molar-refractivity contribution in [2.45, 2.75) is 0 Å². The van der Waals surface area contributed by atoms with Crippen LogP contribution in [0.25, 0.3) is 0 Å². The minimum atomic E-state index is -0.601. The summed E-state index contributed by atoms with van der Waals surface area (Å²) in [5, 5.41) is 26.5. The second-order valence-corrected chi connectivity index (χ2v) is 2.77. The Hall–Kier alpha value is -2.64. The van der Waals surface area contributed by atoms with Gasteiger partial charge in [0, 0.05) is 6.07 Å². The number of nitro groups is 1. The van der Waals surface area contributed by atoms with E-state index in [1.54, 1.807) is 0 Å². The maximum Gasteiger partial charge on any atom is 0.278 e. The first-order valence-corrected chi connectivity index (χ1v) is 4.10. The topological polar surface area (TPSA) is 140 Å². The molecule has 1 rings (SSSR count). The molecular weight excluding hydrogens is 214 g/mol. The molecular formula is C8H9N5O3. The summed E-state index contributed by atoms with van der Waals surface area (Å²) in [7, 11) is 0. The SMILES string of the molecule is NC(N)=NN=Cc1cc(O)ccc1[N+](=O)[O-]. The number of benzene rings is 1. The number of hydrogen-bond donors (Lipinski definition) is 3. The highest BCUT2D eigenvalue weighted by atomic mass is 16.6. The van der Waals surface area contributed by atoms with Crippen molar-refractivity contribution in [2.75, 3.05) is 0 Å². The van der Waals surface area contributed by atoms with Gasteiger partial charge in [0.05, 0.1) is 16.7 Å². The Morgan fingerprint density at radius 2 is 2.19 bits per heavy atom. The Kier molecular flexibility index (Phi) is 3.38. The Labute approximate surface area is 90.0 Å². The molecule has 0 atom stereocenters. The summed E-state index contributed by atoms with van der Waals surface area (Å²) in [6.45, 7) is 0. The van der Waals surface area contributed by atoms with Gasteiger partial charge in [-0.25, -0.2) is 0 Å². The quantitative estimate of drug-likeness (QED) is 0.284. The first-order chi connectivity index (χ1) is 7.50. The van der Waals surface area contributed by atoms with Crippen LogP contribution in [-0.4, -0.2) is 22.2 Å². The Bertz CT molecular complexity index is 465. The second kappa shape index (κ2) is 4.73. The van der Waals surface area contributed by atoms with E-state index in [1.165, 1.54) is 12.1 Å². The number of nitro benzene ring substituents is 1. The summed E-state index contributed by atoms with van der Waals surface area (Å²) in [6, 6.07) is 3.55. The molecule has 8 nitrogen and oxygen atoms in total. The molecule has 1 aromatic rings. The highest BCUT2D eigenvalue weighted by Gasteiger charge is 2.12. The third-order valence-electron chi connectivity index (χ3n) is 1.58. The monoisotopic (exact) mass is 223 g/mol. The van der Waals surface area contributed by atoms with Gasteiger partial charge in [0.15, 0.2) is 0 Å². The lowest BCUT2D eigenvalue weighted by molar-refractivity contribution is -0.385. The van der Waals surface area contributed by atoms with Crippen LogP contribution in [-0.2, 0) is 0 Å². The highest BCUT2D eigenvalue weighted by Crippen LogP contribution is 2.21. The normalized spacial score (nSPS) is 10.2. The zero-order valence-corrected chi connectivity index (χ0v) is 8.07. The molecule has 0 fully saturated rings. The number of hydrogen-bond acceptors (Lipinski definition) is 5. The van der Waals surface area contributed by atoms with Crippen molar-refractivity contribution in [2.24, 2.45) is 21.7 Å². The summed E-state index contributed by atoms with van der Waals surface area (Å²) in [5.74, 6) is -0.379. The van der Waals surface area contributed by atoms with Crippen LogP contribution in [0.1, 0.15) is 5.56 Å². The van der Waals surface area contributed by atoms with E-state index < -0.39 is 4.92 Å². The molecule has 0 amide bonds. The summed E-state index contributed by atoms with van der Waals surface area (Å²) in [6.07, 6.45) is 1.08. The van der Waals surface area contributed by atoms with E-state index in [2.05, 4.69) is 10.2 Å². The van der Waals surface area contributed by atoms with Gasteiger partial charge in [-0.15, -0.1) is 5.10 Å². The fourth-order valence-corrected chi connectivity index (χ4v) is 0.969. The van der Waals surface area contributed by atoms with Crippen LogP contribution in [0.5, 0.6) is 5.75 Å². The molecule has 8 heteroatoms. The number of aromatic hydroxyl groups is 1. The molecule has 0 aliphatic heterocycles. The second-order valence-electron chi connectivity index (χ2n) is 2.77. The lowest BCUT2D eigenvalue weighted by Gasteiger charge is -1.97. The van der Waals surface area contributed by atoms with Gasteiger partial charge in [0.1, 0.15) is 5.75 Å². The van der Waals surface area contributed by atoms with Crippen LogP contribution in [0.2, 0.25) is 0 Å². The predicted octanol–water partition coefficient (Wildman–Crippen LogP) is -0.0923. The molecule has 0 radical (unpaired) electrons. The van der Waals surface area contributed by atoms with Crippen molar-refractivity contribution in [1.82, 2.24) is 0 Å². The van der Waals surface area contributed by atoms with Gasteiger partial charge in [-0.2, -0.15) is 5.10 Å². The molecule has 0 saturated heterocycles. The Balaban J connectivity index is 3.10. The summed E-state index contributed by atoms with van der Waals surface area (Å²) < 4.78 is 0. The van der Waals surface area contributed by atoms with E-state index in [4.69, 9.17) is 16.6 Å². The molecule has 0 heterocycles. The van der Waals surface area contributed by atoms with E-state index in [1.807, 2.05) is 0 Å². The van der Waals surface area contributed by atoms with Gasteiger partial charge < -0.3 is 16.6 Å². The van der Waals surface area contributed by atoms with E-state index in [0.717, 1.165) is 12.3 Å². The molecule has 0 unspecified atom stereocenters. The van der Waals surface area contributed by atoms with Crippen molar-refractivity contribution in [3.8, 4) is 5.75 Å². The molecule has 0 spiro atoms. The van der Waals surface area contributed by atoms with E-state index >= 15 is 0 Å². The third kappa shape index (κ3) is 2.94. The maximum atomic E-state index is 10.6. The fourth-order valence-electron chi connectivity index (χ4n) is 0.969. The average Bonchev–Trinajstić information content (AvgIpc) is 2.16. The van der Waals surface area contributed by atoms with Crippen LogP contribution < -0.4 is 11.5 Å². The Morgan fingerprint density at radius 1 is 1.50 bits per heavy atom. The van der Waals surface area contributed by atoms with E-state index in [0.29, 0.717) is 0 Å². The zero-order valence-electron chi connectivity index (χ0n) is 8.07. The third-order valence-corrected chi connectivity index (χ3v) is 1.58. The highest BCUT2D eigenvalue weighted by molar-refractivity contribution is 5.86. The first-order valence-electron chi connectivity index (χ1n) is 4.10. The molecule has 5 N–H and O–H groups in total. The smallest absolute Gasteiger partial charge is 0.278 e. The van der Waals surface area contributed by atoms with Crippen LogP contribution >= 0.6 is 0 Å². The van der Waals surface area contributed by atoms with Gasteiger partial charge in [-0.3, -0.25) is 10.1 Å². The summed E-state index contributed by atoms with van der Waals surface area (Å²) in [4.78, 5) is 10.0. The van der Waals surface area contributed by atoms with Gasteiger partial charge in [0.2, 0.25) is 5.96 Å². The summed E-state index contributed by atoms with van der Waals surface area (Å²) in [5.41, 5.74) is 9.94. The summed E-state index contributed by atoms with van der Waals surface area (Å²) >= 11 is 0. The molecule has 0 aliphatic rings. The van der Waals surface area contributed by atoms with Gasteiger partial charge in [-0.1, -0.05) is 0 Å². The predicted molar refractivity (Wildman–Crippen MR) is 58.2 cm³/mol. The van der Waals surface area contributed by atoms with Gasteiger partial charge in [0.25, 0.3) is 5.69 Å². The number of guanidine groups is 1. The number of nitrogens with two attached hydrogens (primary N) is 2. The lowest BCUT2D eigenvalue weighted by Crippen LogP contribution is -2.21. The number of phenolic OH excluding ortho intramolecular Hbond substituents is 1. The standard InChI is InChI=1S/C8H9N5O3/c9-8(10)12-11-4-5-3-6(14)1-2-7(5)13(15)16/h1-4,14H,(H4,9,10,12). The lowest BCUT2D eigenvalue weighted by atomic mass is 10.2. The molecule has 0 aliphatic carbocycles. The number of nitrogens with zero attached hydrogens (tertiary/aromatic N) is 3. The van der Waals surface area contributed by atoms with Crippen molar-refractivity contribution < 1.29 is 10.0 Å². The minimum Gasteiger partial charge on any atom is -0.508 e. The minimum absolute atomic E-state index is 0.106. The van der Waals surface area contributed by atoms with Gasteiger partial charge in [-0.05, 0) is 12.1 Å². The van der Waals surface area contributed by atoms with E-state index in [-0.39, 0.29) is 23.0 Å². The number of rotatable bonds is 3. The van der Waals surface area contributed by atoms with Crippen molar-refractivity contribution in [3.05, 3.63) is 33.9 Å². The molecule has 0 aromatic heterocycles. The number of phenols is 1. The Morgan fingerprint density at radius 3 is 2.75 bits per heavy atom. The van der Waals surface area contributed by atoms with Crippen LogP contribution in [0, 0.1) is 10.1 Å². The largest absolute Gasteiger partial charge is 0.508 e. The van der Waals surface area contributed by atoms with Crippen molar-refractivity contribution in [1.29, 1.82) is 0 Å². The van der Waals surface area contributed by atoms with Crippen molar-refractivity contribution in [3.63, 3.8) is 0 Å². The average molecular weight is 223 g/mol. The molecule has 84 valence electrons. The molecule has 16 heavy (non-hydrogen) atoms. The molecule has 1 aromatic carbocycles. The van der Waals surface area contributed by atoms with Crippen molar-refractivity contribution >= 4 is 17.9 Å². The molecule has 0 saturated carbocycles.